The van der Waals surface area contributed by atoms with E-state index in [0.29, 0.717) is 0 Å². The number of aliphatic hydroxyl groups excluding tert-OH is 6. The number of hydrogen-bond donors (Lipinski definition) is 13. The van der Waals surface area contributed by atoms with E-state index in [0.717, 1.165) is 0 Å². The summed E-state index contributed by atoms with van der Waals surface area (Å²) in [5, 5.41) is 69.5. The lowest BCUT2D eigenvalue weighted by Gasteiger charge is -2.51. The van der Waals surface area contributed by atoms with Crippen molar-refractivity contribution in [1.29, 1.82) is 0 Å². The Labute approximate surface area is 243 Å². The van der Waals surface area contributed by atoms with Crippen molar-refractivity contribution in [3.63, 3.8) is 0 Å². The predicted molar refractivity (Wildman–Crippen MR) is 144 cm³/mol. The van der Waals surface area contributed by atoms with Crippen molar-refractivity contribution in [3.05, 3.63) is 0 Å². The molecule has 0 bridgehead atoms. The van der Waals surface area contributed by atoms with Crippen molar-refractivity contribution in [2.24, 2.45) is 28.7 Å². The van der Waals surface area contributed by atoms with Gasteiger partial charge in [-0.2, -0.15) is 0 Å². The molecule has 0 aromatic carbocycles. The normalized spacial score (nSPS) is 50.1. The molecule has 1 saturated carbocycles. The van der Waals surface area contributed by atoms with Crippen LogP contribution in [-0.4, -0.2) is 167 Å². The monoisotopic (exact) mass is 611 g/mol. The maximum atomic E-state index is 11.3. The van der Waals surface area contributed by atoms with E-state index in [1.807, 2.05) is 0 Å². The second kappa shape index (κ2) is 14.6. The van der Waals surface area contributed by atoms with E-state index in [1.165, 1.54) is 0 Å². The Hall–Kier alpha value is -0.720. The molecule has 3 saturated heterocycles. The van der Waals surface area contributed by atoms with Gasteiger partial charge in [0.1, 0.15) is 42.7 Å². The molecular weight excluding hydrogens is 562 g/mol. The number of fused-ring (bicyclic) bond motifs is 1. The Morgan fingerprint density at radius 2 is 1.43 bits per heavy atom. The van der Waals surface area contributed by atoms with Crippen molar-refractivity contribution in [2.45, 2.75) is 123 Å². The maximum Gasteiger partial charge on any atom is 0.189 e. The minimum Gasteiger partial charge on any atom is -0.394 e. The lowest BCUT2D eigenvalue weighted by molar-refractivity contribution is -0.373. The van der Waals surface area contributed by atoms with Gasteiger partial charge in [0, 0.05) is 31.2 Å². The third kappa shape index (κ3) is 6.91. The highest BCUT2D eigenvalue weighted by molar-refractivity contribution is 5.02. The van der Waals surface area contributed by atoms with E-state index < -0.39 is 117 Å². The van der Waals surface area contributed by atoms with Gasteiger partial charge in [-0.15, -0.1) is 0 Å². The second-order valence-electron chi connectivity index (χ2n) is 11.6. The van der Waals surface area contributed by atoms with Crippen LogP contribution in [0.15, 0.2) is 0 Å². The first-order chi connectivity index (χ1) is 19.9. The summed E-state index contributed by atoms with van der Waals surface area (Å²) in [6.07, 6.45) is -13.9. The van der Waals surface area contributed by atoms with Crippen LogP contribution >= 0.6 is 0 Å². The average molecular weight is 612 g/mol. The van der Waals surface area contributed by atoms with Crippen LogP contribution in [-0.2, 0) is 23.7 Å². The molecule has 18 nitrogen and oxygen atoms in total. The largest absolute Gasteiger partial charge is 0.394 e. The Morgan fingerprint density at radius 1 is 0.738 bits per heavy atom. The van der Waals surface area contributed by atoms with E-state index in [9.17, 15) is 30.6 Å². The first-order valence-corrected chi connectivity index (χ1v) is 14.3. The molecule has 1 aliphatic carbocycles. The van der Waals surface area contributed by atoms with Gasteiger partial charge < -0.3 is 93.6 Å². The minimum absolute atomic E-state index is 0.143. The Kier molecular flexibility index (Phi) is 11.9. The van der Waals surface area contributed by atoms with E-state index in [1.54, 1.807) is 7.05 Å². The Balaban J connectivity index is 1.42. The minimum atomic E-state index is -1.56. The van der Waals surface area contributed by atoms with Gasteiger partial charge >= 0.3 is 0 Å². The molecule has 4 fully saturated rings. The summed E-state index contributed by atoms with van der Waals surface area (Å²) < 4.78 is 29.8. The molecule has 18 heteroatoms. The molecule has 42 heavy (non-hydrogen) atoms. The highest BCUT2D eigenvalue weighted by Crippen LogP contribution is 2.35. The van der Waals surface area contributed by atoms with Crippen molar-refractivity contribution in [1.82, 2.24) is 10.6 Å². The van der Waals surface area contributed by atoms with Crippen LogP contribution in [0.5, 0.6) is 0 Å². The molecular formula is C24H49N7O11. The van der Waals surface area contributed by atoms with Gasteiger partial charge in [0.2, 0.25) is 0 Å². The molecule has 3 heterocycles. The molecule has 0 aromatic heterocycles. The molecule has 3 aliphatic heterocycles. The van der Waals surface area contributed by atoms with Crippen molar-refractivity contribution in [2.75, 3.05) is 26.7 Å². The molecule has 246 valence electrons. The molecule has 17 atom stereocenters. The molecule has 4 aliphatic rings. The van der Waals surface area contributed by atoms with Gasteiger partial charge in [0.15, 0.2) is 18.9 Å². The smallest absolute Gasteiger partial charge is 0.189 e. The summed E-state index contributed by atoms with van der Waals surface area (Å²) in [4.78, 5) is 0. The summed E-state index contributed by atoms with van der Waals surface area (Å²) in [6.45, 7) is -0.188. The lowest BCUT2D eigenvalue weighted by atomic mass is 9.84. The highest BCUT2D eigenvalue weighted by atomic mass is 16.8. The molecule has 4 rings (SSSR count). The van der Waals surface area contributed by atoms with Crippen LogP contribution in [0.25, 0.3) is 0 Å². The van der Waals surface area contributed by atoms with Gasteiger partial charge in [0.25, 0.3) is 0 Å². The van der Waals surface area contributed by atoms with Crippen LogP contribution in [0, 0.1) is 0 Å². The second-order valence-corrected chi connectivity index (χ2v) is 11.6. The molecule has 0 aromatic rings. The zero-order valence-corrected chi connectivity index (χ0v) is 23.5. The van der Waals surface area contributed by atoms with Crippen LogP contribution in [0.1, 0.15) is 12.8 Å². The number of nitrogens with one attached hydrogen (secondary N) is 2. The van der Waals surface area contributed by atoms with Crippen LogP contribution in [0.3, 0.4) is 0 Å². The van der Waals surface area contributed by atoms with Crippen LogP contribution < -0.4 is 39.3 Å². The molecule has 0 radical (unpaired) electrons. The van der Waals surface area contributed by atoms with Gasteiger partial charge in [-0.3, -0.25) is 0 Å². The van der Waals surface area contributed by atoms with Gasteiger partial charge in [-0.25, -0.2) is 0 Å². The number of nitrogens with two attached hydrogens (primary N) is 5. The van der Waals surface area contributed by atoms with Crippen molar-refractivity contribution < 1.29 is 54.3 Å². The zero-order valence-electron chi connectivity index (χ0n) is 23.5. The molecule has 18 N–H and O–H groups in total. The quantitative estimate of drug-likeness (QED) is 0.109. The van der Waals surface area contributed by atoms with Gasteiger partial charge in [0.05, 0.1) is 36.9 Å². The number of ether oxygens (including phenoxy) is 5. The fourth-order valence-corrected chi connectivity index (χ4v) is 6.14. The topological polar surface area (TPSA) is 322 Å². The molecule has 11 unspecified atom stereocenters. The average Bonchev–Trinajstić information content (AvgIpc) is 2.96. The molecule has 0 amide bonds. The van der Waals surface area contributed by atoms with E-state index in [-0.39, 0.29) is 25.9 Å². The van der Waals surface area contributed by atoms with E-state index in [4.69, 9.17) is 52.4 Å². The Morgan fingerprint density at radius 3 is 2.05 bits per heavy atom. The fraction of sp³-hybridized carbons (Fsp3) is 1.00. The first kappa shape index (κ1) is 34.2. The number of hydrogen-bond acceptors (Lipinski definition) is 18. The SMILES string of the molecule is CNC1C(O[C@H]2OC(CO)[C@@H](NC(CN)CN)C(O)C2O)O[C@H]2CC(N)[C@@H](O[C@@H]3C(N)C[C@@H](N)C(O)C3O)OC2C1O. The lowest BCUT2D eigenvalue weighted by Crippen LogP contribution is -2.70. The van der Waals surface area contributed by atoms with Crippen molar-refractivity contribution >= 4 is 0 Å². The number of rotatable bonds is 10. The third-order valence-electron chi connectivity index (χ3n) is 8.69. The van der Waals surface area contributed by atoms with E-state index in [2.05, 4.69) is 10.6 Å². The predicted octanol–water partition coefficient (Wildman–Crippen LogP) is -8.03. The van der Waals surface area contributed by atoms with Crippen LogP contribution in [0.2, 0.25) is 0 Å². The van der Waals surface area contributed by atoms with Crippen LogP contribution in [0.4, 0.5) is 0 Å². The maximum absolute atomic E-state index is 11.3. The van der Waals surface area contributed by atoms with Crippen molar-refractivity contribution in [3.8, 4) is 0 Å². The zero-order chi connectivity index (χ0) is 30.9. The highest BCUT2D eigenvalue weighted by Gasteiger charge is 2.54. The van der Waals surface area contributed by atoms with Gasteiger partial charge in [-0.1, -0.05) is 0 Å². The fourth-order valence-electron chi connectivity index (χ4n) is 6.14. The summed E-state index contributed by atoms with van der Waals surface area (Å²) in [7, 11) is 1.56. The molecule has 0 spiro atoms. The number of likely N-dealkylation sites (N-methyl/N-ethyl adjacent to an activating group) is 1. The first-order valence-electron chi connectivity index (χ1n) is 14.3. The summed E-state index contributed by atoms with van der Waals surface area (Å²) >= 11 is 0. The third-order valence-corrected chi connectivity index (χ3v) is 8.69. The summed E-state index contributed by atoms with van der Waals surface area (Å²) in [6, 6.07) is -4.36. The number of aliphatic hydroxyl groups is 6. The summed E-state index contributed by atoms with van der Waals surface area (Å²) in [5.74, 6) is 0. The Bertz CT molecular complexity index is 849. The van der Waals surface area contributed by atoms with E-state index >= 15 is 0 Å². The summed E-state index contributed by atoms with van der Waals surface area (Å²) in [5.41, 5.74) is 29.7. The van der Waals surface area contributed by atoms with Gasteiger partial charge in [-0.05, 0) is 19.9 Å². The standard InChI is InChI=1S/C24H49N7O11/c1-30-14-17(35)21-11(3-10(29)22(41-21)40-20-9(28)2-8(27)15(33)18(20)36)38-23(14)42-24-19(37)16(34)13(12(6-32)39-24)31-7(4-25)5-26/h7-24,30-37H,2-6,25-29H2,1H3/t8-,9?,10?,11+,12?,13-,14?,15?,16?,17?,18?,19?,20-,21?,22+,23?,24-/m1/s1.